The van der Waals surface area contributed by atoms with Gasteiger partial charge in [0.25, 0.3) is 6.43 Å². The number of halogens is 4. The van der Waals surface area contributed by atoms with E-state index >= 15 is 0 Å². The summed E-state index contributed by atoms with van der Waals surface area (Å²) in [4.78, 5) is 3.61. The minimum atomic E-state index is -2.63. The highest BCUT2D eigenvalue weighted by atomic mass is 127. The Balaban J connectivity index is 3.23. The number of anilines is 1. The molecule has 0 saturated heterocycles. The number of hydrogen-bond donors (Lipinski definition) is 1. The van der Waals surface area contributed by atoms with Gasteiger partial charge in [-0.3, -0.25) is 0 Å². The van der Waals surface area contributed by atoms with E-state index in [4.69, 9.17) is 5.73 Å². The van der Waals surface area contributed by atoms with Crippen LogP contribution in [0.2, 0.25) is 0 Å². The van der Waals surface area contributed by atoms with Crippen LogP contribution >= 0.6 is 38.5 Å². The molecule has 1 aromatic rings. The largest absolute Gasteiger partial charge is 0.397 e. The maximum atomic E-state index is 12.2. The van der Waals surface area contributed by atoms with Gasteiger partial charge in [-0.05, 0) is 44.6 Å². The van der Waals surface area contributed by atoms with Crippen molar-refractivity contribution >= 4 is 44.2 Å². The summed E-state index contributed by atoms with van der Waals surface area (Å²) in [6, 6.07) is 1.46. The van der Waals surface area contributed by atoms with Crippen LogP contribution < -0.4 is 5.73 Å². The molecule has 66 valence electrons. The lowest BCUT2D eigenvalue weighted by Gasteiger charge is -2.04. The van der Waals surface area contributed by atoms with Crippen molar-refractivity contribution in [2.24, 2.45) is 0 Å². The molecule has 2 nitrogen and oxygen atoms in total. The van der Waals surface area contributed by atoms with E-state index in [9.17, 15) is 8.78 Å². The van der Waals surface area contributed by atoms with Crippen molar-refractivity contribution in [3.63, 3.8) is 0 Å². The van der Waals surface area contributed by atoms with Gasteiger partial charge in [-0.25, -0.2) is 13.8 Å². The standard InChI is InChI=1S/C6H4BrF2IN2/c7-5-2(10)1-3(11)4(12-5)6(8)9/h1,6H,11H2. The molecule has 0 aromatic carbocycles. The second-order valence-electron chi connectivity index (χ2n) is 2.04. The molecule has 2 N–H and O–H groups in total. The van der Waals surface area contributed by atoms with E-state index in [0.29, 0.717) is 4.60 Å². The van der Waals surface area contributed by atoms with Crippen molar-refractivity contribution in [3.8, 4) is 0 Å². The molecule has 0 aliphatic rings. The van der Waals surface area contributed by atoms with Gasteiger partial charge in [0.2, 0.25) is 0 Å². The predicted molar refractivity (Wildman–Crippen MR) is 54.0 cm³/mol. The summed E-state index contributed by atoms with van der Waals surface area (Å²) in [7, 11) is 0. The molecule has 1 rings (SSSR count). The lowest BCUT2D eigenvalue weighted by molar-refractivity contribution is 0.147. The molecule has 6 heteroatoms. The fraction of sp³-hybridized carbons (Fsp3) is 0.167. The number of aromatic nitrogens is 1. The average Bonchev–Trinajstić information content (AvgIpc) is 1.96. The predicted octanol–water partition coefficient (Wildman–Crippen LogP) is 2.97. The Morgan fingerprint density at radius 2 is 2.17 bits per heavy atom. The third-order valence-corrected chi connectivity index (χ3v) is 3.37. The highest BCUT2D eigenvalue weighted by Crippen LogP contribution is 2.27. The van der Waals surface area contributed by atoms with Gasteiger partial charge in [-0.15, -0.1) is 0 Å². The van der Waals surface area contributed by atoms with Crippen molar-refractivity contribution in [2.45, 2.75) is 6.43 Å². The maximum Gasteiger partial charge on any atom is 0.282 e. The van der Waals surface area contributed by atoms with E-state index in [1.807, 2.05) is 22.6 Å². The molecule has 0 radical (unpaired) electrons. The zero-order valence-electron chi connectivity index (χ0n) is 5.69. The van der Waals surface area contributed by atoms with Gasteiger partial charge in [0, 0.05) is 3.57 Å². The van der Waals surface area contributed by atoms with E-state index in [-0.39, 0.29) is 11.4 Å². The molecule has 0 fully saturated rings. The summed E-state index contributed by atoms with van der Waals surface area (Å²) in [5, 5.41) is 0. The quantitative estimate of drug-likeness (QED) is 0.626. The van der Waals surface area contributed by atoms with E-state index in [0.717, 1.165) is 3.57 Å². The number of alkyl halides is 2. The van der Waals surface area contributed by atoms with Crippen LogP contribution in [0.5, 0.6) is 0 Å². The van der Waals surface area contributed by atoms with Crippen molar-refractivity contribution in [1.82, 2.24) is 4.98 Å². The van der Waals surface area contributed by atoms with Gasteiger partial charge in [-0.2, -0.15) is 0 Å². The van der Waals surface area contributed by atoms with Gasteiger partial charge in [-0.1, -0.05) is 0 Å². The maximum absolute atomic E-state index is 12.2. The van der Waals surface area contributed by atoms with E-state index < -0.39 is 6.43 Å². The van der Waals surface area contributed by atoms with Crippen molar-refractivity contribution in [3.05, 3.63) is 19.9 Å². The Kier molecular flexibility index (Phi) is 3.22. The minimum absolute atomic E-state index is 0.0256. The Labute approximate surface area is 89.8 Å². The topological polar surface area (TPSA) is 38.9 Å². The summed E-state index contributed by atoms with van der Waals surface area (Å²) in [6.45, 7) is 0. The van der Waals surface area contributed by atoms with Crippen molar-refractivity contribution in [1.29, 1.82) is 0 Å². The SMILES string of the molecule is Nc1cc(I)c(Br)nc1C(F)F. The van der Waals surface area contributed by atoms with Crippen LogP contribution in [0.4, 0.5) is 14.5 Å². The Morgan fingerprint density at radius 3 is 2.67 bits per heavy atom. The smallest absolute Gasteiger partial charge is 0.282 e. The average molecular weight is 349 g/mol. The summed E-state index contributed by atoms with van der Waals surface area (Å²) < 4.78 is 25.5. The van der Waals surface area contributed by atoms with Crippen LogP contribution in [0.25, 0.3) is 0 Å². The van der Waals surface area contributed by atoms with Gasteiger partial charge < -0.3 is 5.73 Å². The second kappa shape index (κ2) is 3.82. The van der Waals surface area contributed by atoms with Gasteiger partial charge >= 0.3 is 0 Å². The zero-order valence-corrected chi connectivity index (χ0v) is 9.43. The number of hydrogen-bond acceptors (Lipinski definition) is 2. The van der Waals surface area contributed by atoms with Gasteiger partial charge in [0.15, 0.2) is 0 Å². The van der Waals surface area contributed by atoms with Crippen LogP contribution in [0.15, 0.2) is 10.7 Å². The fourth-order valence-electron chi connectivity index (χ4n) is 0.669. The van der Waals surface area contributed by atoms with Crippen molar-refractivity contribution in [2.75, 3.05) is 5.73 Å². The monoisotopic (exact) mass is 348 g/mol. The molecule has 0 spiro atoms. The highest BCUT2D eigenvalue weighted by Gasteiger charge is 2.14. The summed E-state index contributed by atoms with van der Waals surface area (Å²) in [5.74, 6) is 0. The van der Waals surface area contributed by atoms with Gasteiger partial charge in [0.1, 0.15) is 10.3 Å². The second-order valence-corrected chi connectivity index (χ2v) is 3.95. The fourth-order valence-corrected chi connectivity index (χ4v) is 1.43. The minimum Gasteiger partial charge on any atom is -0.397 e. The molecular formula is C6H4BrF2IN2. The molecule has 12 heavy (non-hydrogen) atoms. The first-order valence-electron chi connectivity index (χ1n) is 2.92. The molecule has 1 heterocycles. The number of nitrogens with two attached hydrogens (primary N) is 1. The summed E-state index contributed by atoms with van der Waals surface area (Å²) >= 11 is 5.00. The van der Waals surface area contributed by atoms with Crippen LogP contribution in [-0.4, -0.2) is 4.98 Å². The van der Waals surface area contributed by atoms with Crippen LogP contribution in [0.1, 0.15) is 12.1 Å². The number of pyridine rings is 1. The van der Waals surface area contributed by atoms with Crippen LogP contribution in [-0.2, 0) is 0 Å². The molecule has 0 aliphatic heterocycles. The van der Waals surface area contributed by atoms with E-state index in [1.54, 1.807) is 0 Å². The lowest BCUT2D eigenvalue weighted by Crippen LogP contribution is -2.00. The zero-order chi connectivity index (χ0) is 9.30. The van der Waals surface area contributed by atoms with Crippen LogP contribution in [0.3, 0.4) is 0 Å². The molecule has 0 saturated carbocycles. The summed E-state index contributed by atoms with van der Waals surface area (Å²) in [5.41, 5.74) is 4.98. The van der Waals surface area contributed by atoms with E-state index in [1.165, 1.54) is 6.07 Å². The molecule has 0 bridgehead atoms. The molecule has 0 amide bonds. The van der Waals surface area contributed by atoms with Crippen molar-refractivity contribution < 1.29 is 8.78 Å². The molecular weight excluding hydrogens is 345 g/mol. The number of nitrogen functional groups attached to an aromatic ring is 1. The van der Waals surface area contributed by atoms with Crippen LogP contribution in [0, 0.1) is 3.57 Å². The first-order valence-corrected chi connectivity index (χ1v) is 4.79. The first-order chi connectivity index (χ1) is 5.52. The van der Waals surface area contributed by atoms with Gasteiger partial charge in [0.05, 0.1) is 5.69 Å². The first kappa shape index (κ1) is 10.1. The molecule has 0 unspecified atom stereocenters. The normalized spacial score (nSPS) is 10.8. The third kappa shape index (κ3) is 2.03. The highest BCUT2D eigenvalue weighted by molar-refractivity contribution is 14.1. The number of rotatable bonds is 1. The molecule has 1 aromatic heterocycles. The Hall–Kier alpha value is 0.0200. The van der Waals surface area contributed by atoms with E-state index in [2.05, 4.69) is 20.9 Å². The molecule has 0 atom stereocenters. The Bertz CT molecular complexity index is 306. The third-order valence-electron chi connectivity index (χ3n) is 1.20. The Morgan fingerprint density at radius 1 is 1.58 bits per heavy atom. The lowest BCUT2D eigenvalue weighted by atomic mass is 10.3. The molecule has 0 aliphatic carbocycles. The summed E-state index contributed by atoms with van der Waals surface area (Å²) in [6.07, 6.45) is -2.63. The number of nitrogens with zero attached hydrogens (tertiary/aromatic N) is 1.